The predicted octanol–water partition coefficient (Wildman–Crippen LogP) is 6.43. The number of methoxy groups -OCH3 is 1. The van der Waals surface area contributed by atoms with Crippen LogP contribution in [0.25, 0.3) is 21.8 Å². The summed E-state index contributed by atoms with van der Waals surface area (Å²) in [6.45, 7) is 2.38. The van der Waals surface area contributed by atoms with Crippen LogP contribution in [-0.4, -0.2) is 29.2 Å². The van der Waals surface area contributed by atoms with E-state index in [0.717, 1.165) is 35.2 Å². The van der Waals surface area contributed by atoms with Crippen LogP contribution in [0, 0.1) is 12.7 Å². The van der Waals surface area contributed by atoms with E-state index < -0.39 is 5.82 Å². The van der Waals surface area contributed by atoms with Gasteiger partial charge in [0.05, 0.1) is 18.2 Å². The van der Waals surface area contributed by atoms with Crippen LogP contribution in [0.5, 0.6) is 23.0 Å². The number of hydrogen-bond acceptors (Lipinski definition) is 5. The second-order valence-electron chi connectivity index (χ2n) is 9.77. The normalized spacial score (nSPS) is 14.2. The van der Waals surface area contributed by atoms with Gasteiger partial charge in [-0.15, -0.1) is 0 Å². The molecule has 0 saturated heterocycles. The zero-order valence-corrected chi connectivity index (χ0v) is 20.8. The largest absolute Gasteiger partial charge is 0.493 e. The van der Waals surface area contributed by atoms with E-state index in [-0.39, 0.29) is 11.3 Å². The van der Waals surface area contributed by atoms with E-state index in [4.69, 9.17) is 19.9 Å². The fraction of sp³-hybridized carbons (Fsp3) is 0.233. The third kappa shape index (κ3) is 4.47. The molecule has 0 aliphatic heterocycles. The highest BCUT2D eigenvalue weighted by molar-refractivity contribution is 5.90. The molecule has 1 aliphatic carbocycles. The lowest BCUT2D eigenvalue weighted by Crippen LogP contribution is -2.29. The molecule has 0 bridgehead atoms. The average molecular weight is 498 g/mol. The molecular weight excluding hydrogens is 469 g/mol. The number of rotatable bonds is 8. The number of nitrogens with two attached hydrogens (primary N) is 1. The Kier molecular flexibility index (Phi) is 5.72. The zero-order chi connectivity index (χ0) is 25.6. The smallest absolute Gasteiger partial charge is 0.175 e. The lowest BCUT2D eigenvalue weighted by atomic mass is 10.0. The number of halogens is 1. The van der Waals surface area contributed by atoms with Crippen molar-refractivity contribution >= 4 is 21.8 Å². The maximum absolute atomic E-state index is 15.9. The maximum Gasteiger partial charge on any atom is 0.175 e. The Morgan fingerprint density at radius 1 is 1.00 bits per heavy atom. The topological polar surface area (TPSA) is 82.4 Å². The van der Waals surface area contributed by atoms with Gasteiger partial charge in [0, 0.05) is 34.2 Å². The van der Waals surface area contributed by atoms with Gasteiger partial charge in [0.2, 0.25) is 0 Å². The summed E-state index contributed by atoms with van der Waals surface area (Å²) in [5, 5.41) is 1.23. The minimum Gasteiger partial charge on any atom is -0.493 e. The molecule has 1 saturated carbocycles. The van der Waals surface area contributed by atoms with Gasteiger partial charge >= 0.3 is 0 Å². The summed E-state index contributed by atoms with van der Waals surface area (Å²) >= 11 is 0. The molecule has 0 amide bonds. The molecule has 6 rings (SSSR count). The van der Waals surface area contributed by atoms with Crippen molar-refractivity contribution in [2.45, 2.75) is 31.7 Å². The third-order valence-electron chi connectivity index (χ3n) is 7.02. The molecule has 0 atom stereocenters. The van der Waals surface area contributed by atoms with Crippen molar-refractivity contribution < 1.29 is 18.6 Å². The molecule has 0 unspecified atom stereocenters. The van der Waals surface area contributed by atoms with Crippen molar-refractivity contribution in [2.75, 3.05) is 13.7 Å². The number of ether oxygens (including phenoxy) is 3. The Balaban J connectivity index is 1.36. The van der Waals surface area contributed by atoms with Gasteiger partial charge in [-0.05, 0) is 61.6 Å². The first-order valence-electron chi connectivity index (χ1n) is 12.3. The molecule has 2 aromatic heterocycles. The van der Waals surface area contributed by atoms with Crippen molar-refractivity contribution in [3.63, 3.8) is 0 Å². The Labute approximate surface area is 214 Å². The van der Waals surface area contributed by atoms with Crippen LogP contribution in [-0.2, 0) is 6.42 Å². The Hall–Kier alpha value is -4.10. The van der Waals surface area contributed by atoms with Crippen molar-refractivity contribution in [1.29, 1.82) is 0 Å². The fourth-order valence-corrected chi connectivity index (χ4v) is 4.66. The number of fused-ring (bicyclic) bond motifs is 2. The highest BCUT2D eigenvalue weighted by atomic mass is 19.1. The first kappa shape index (κ1) is 23.3. The number of hydrogen-bond donors (Lipinski definition) is 2. The van der Waals surface area contributed by atoms with Crippen molar-refractivity contribution in [1.82, 2.24) is 9.97 Å². The molecule has 3 N–H and O–H groups in total. The Morgan fingerprint density at radius 2 is 1.81 bits per heavy atom. The summed E-state index contributed by atoms with van der Waals surface area (Å²) in [5.41, 5.74) is 10.3. The second kappa shape index (κ2) is 9.09. The maximum atomic E-state index is 15.9. The molecule has 0 radical (unpaired) electrons. The number of aromatic nitrogens is 2. The van der Waals surface area contributed by atoms with Crippen LogP contribution in [0.1, 0.15) is 29.7 Å². The second-order valence-corrected chi connectivity index (χ2v) is 9.77. The summed E-state index contributed by atoms with van der Waals surface area (Å²) in [4.78, 5) is 7.78. The minimum absolute atomic E-state index is 0.145. The molecule has 7 heteroatoms. The van der Waals surface area contributed by atoms with Crippen LogP contribution in [0.2, 0.25) is 0 Å². The number of nitrogens with zero attached hydrogens (tertiary/aromatic N) is 1. The average Bonchev–Trinajstić information content (AvgIpc) is 3.56. The van der Waals surface area contributed by atoms with Gasteiger partial charge < -0.3 is 24.9 Å². The number of nitrogens with one attached hydrogen (secondary N) is 1. The summed E-state index contributed by atoms with van der Waals surface area (Å²) < 4.78 is 33.6. The van der Waals surface area contributed by atoms with Crippen molar-refractivity contribution in [3.8, 4) is 23.0 Å². The van der Waals surface area contributed by atoms with Gasteiger partial charge in [0.25, 0.3) is 0 Å². The van der Waals surface area contributed by atoms with Gasteiger partial charge in [-0.1, -0.05) is 30.3 Å². The van der Waals surface area contributed by atoms with E-state index in [2.05, 4.69) is 9.97 Å². The van der Waals surface area contributed by atoms with E-state index in [1.165, 1.54) is 0 Å². The molecule has 6 nitrogen and oxygen atoms in total. The highest BCUT2D eigenvalue weighted by Crippen LogP contribution is 2.40. The van der Waals surface area contributed by atoms with E-state index in [1.54, 1.807) is 37.6 Å². The zero-order valence-electron chi connectivity index (χ0n) is 20.8. The van der Waals surface area contributed by atoms with Crippen LogP contribution >= 0.6 is 0 Å². The quantitative estimate of drug-likeness (QED) is 0.258. The first-order chi connectivity index (χ1) is 17.9. The van der Waals surface area contributed by atoms with Crippen molar-refractivity contribution in [2.24, 2.45) is 5.73 Å². The molecule has 3 aromatic carbocycles. The van der Waals surface area contributed by atoms with Crippen LogP contribution in [0.3, 0.4) is 0 Å². The Morgan fingerprint density at radius 3 is 2.57 bits per heavy atom. The SMILES string of the molecule is COc1cc2c(Oc3ccc4[nH]c(C)c(Cc5ccccc5)c4c3F)ccnc2cc1OCC1(N)CC1. The summed E-state index contributed by atoms with van der Waals surface area (Å²) in [7, 11) is 1.58. The lowest BCUT2D eigenvalue weighted by Gasteiger charge is -2.16. The third-order valence-corrected chi connectivity index (χ3v) is 7.02. The molecule has 1 fully saturated rings. The highest BCUT2D eigenvalue weighted by Gasteiger charge is 2.39. The minimum atomic E-state index is -0.401. The molecular formula is C30H28FN3O3. The molecule has 1 aliphatic rings. The van der Waals surface area contributed by atoms with Gasteiger partial charge in [-0.2, -0.15) is 0 Å². The number of aryl methyl sites for hydroxylation is 1. The number of aromatic amines is 1. The van der Waals surface area contributed by atoms with Gasteiger partial charge in [-0.25, -0.2) is 4.39 Å². The summed E-state index contributed by atoms with van der Waals surface area (Å²) in [6.07, 6.45) is 4.15. The molecule has 2 heterocycles. The molecule has 37 heavy (non-hydrogen) atoms. The van der Waals surface area contributed by atoms with Gasteiger partial charge in [-0.3, -0.25) is 4.98 Å². The predicted molar refractivity (Wildman–Crippen MR) is 142 cm³/mol. The van der Waals surface area contributed by atoms with Crippen LogP contribution in [0.15, 0.2) is 66.9 Å². The first-order valence-corrected chi connectivity index (χ1v) is 12.3. The van der Waals surface area contributed by atoms with E-state index in [1.807, 2.05) is 43.3 Å². The standard InChI is InChI=1S/C30H28FN3O3/c1-18-20(14-19-6-4-3-5-7-19)28-22(34-18)8-9-25(29(28)31)37-24-10-13-33-23-16-27(26(35-2)15-21(23)24)36-17-30(32)11-12-30/h3-10,13,15-16,34H,11-12,14,17,32H2,1-2H3. The van der Waals surface area contributed by atoms with E-state index in [9.17, 15) is 0 Å². The van der Waals surface area contributed by atoms with Crippen molar-refractivity contribution in [3.05, 3.63) is 89.5 Å². The summed E-state index contributed by atoms with van der Waals surface area (Å²) in [5.74, 6) is 1.32. The monoisotopic (exact) mass is 497 g/mol. The van der Waals surface area contributed by atoms with E-state index >= 15 is 4.39 Å². The van der Waals surface area contributed by atoms with Gasteiger partial charge in [0.15, 0.2) is 23.1 Å². The van der Waals surface area contributed by atoms with Gasteiger partial charge in [0.1, 0.15) is 12.4 Å². The lowest BCUT2D eigenvalue weighted by molar-refractivity contribution is 0.264. The number of H-pyrrole nitrogens is 1. The fourth-order valence-electron chi connectivity index (χ4n) is 4.66. The van der Waals surface area contributed by atoms with Crippen LogP contribution in [0.4, 0.5) is 4.39 Å². The Bertz CT molecular complexity index is 1610. The van der Waals surface area contributed by atoms with E-state index in [0.29, 0.717) is 46.6 Å². The number of pyridine rings is 1. The molecule has 0 spiro atoms. The number of benzene rings is 3. The van der Waals surface area contributed by atoms with Crippen LogP contribution < -0.4 is 19.9 Å². The molecule has 188 valence electrons. The summed E-state index contributed by atoms with van der Waals surface area (Å²) in [6, 6.07) is 18.9. The molecule has 5 aromatic rings.